The molecule has 2 aromatic rings. The van der Waals surface area contributed by atoms with Crippen molar-refractivity contribution in [3.8, 4) is 5.75 Å². The van der Waals surface area contributed by atoms with Crippen LogP contribution in [0.2, 0.25) is 0 Å². The van der Waals surface area contributed by atoms with E-state index < -0.39 is 0 Å². The van der Waals surface area contributed by atoms with Crippen molar-refractivity contribution in [2.45, 2.75) is 20.5 Å². The second-order valence-electron chi connectivity index (χ2n) is 5.42. The fraction of sp³-hybridized carbons (Fsp3) is 0.353. The van der Waals surface area contributed by atoms with E-state index in [9.17, 15) is 9.59 Å². The SMILES string of the molecule is CNC(=O)CN(C)C(=O)c1ccccc1OCc1c(C)noc1C. The minimum atomic E-state index is -0.284. The predicted octanol–water partition coefficient (Wildman–Crippen LogP) is 1.69. The quantitative estimate of drug-likeness (QED) is 0.871. The number of likely N-dealkylation sites (N-methyl/N-ethyl adjacent to an activating group) is 2. The van der Waals surface area contributed by atoms with Crippen LogP contribution in [0, 0.1) is 13.8 Å². The van der Waals surface area contributed by atoms with E-state index in [-0.39, 0.29) is 25.0 Å². The molecule has 0 spiro atoms. The van der Waals surface area contributed by atoms with Gasteiger partial charge in [0.05, 0.1) is 23.4 Å². The van der Waals surface area contributed by atoms with E-state index in [0.717, 1.165) is 11.3 Å². The molecular formula is C17H21N3O4. The van der Waals surface area contributed by atoms with Crippen molar-refractivity contribution in [2.75, 3.05) is 20.6 Å². The molecule has 128 valence electrons. The Bertz CT molecular complexity index is 720. The van der Waals surface area contributed by atoms with Crippen LogP contribution in [0.5, 0.6) is 5.75 Å². The highest BCUT2D eigenvalue weighted by molar-refractivity contribution is 5.98. The molecule has 0 unspecified atom stereocenters. The Morgan fingerprint density at radius 2 is 2.00 bits per heavy atom. The summed E-state index contributed by atoms with van der Waals surface area (Å²) in [4.78, 5) is 25.3. The van der Waals surface area contributed by atoms with Crippen LogP contribution < -0.4 is 10.1 Å². The Morgan fingerprint density at radius 3 is 2.62 bits per heavy atom. The number of carbonyl (C=O) groups is 2. The number of aryl methyl sites for hydroxylation is 2. The maximum atomic E-state index is 12.5. The lowest BCUT2D eigenvalue weighted by atomic mass is 10.1. The molecule has 7 heteroatoms. The second kappa shape index (κ2) is 7.63. The first-order valence-electron chi connectivity index (χ1n) is 7.53. The summed E-state index contributed by atoms with van der Waals surface area (Å²) in [6, 6.07) is 6.94. The number of nitrogens with zero attached hydrogens (tertiary/aromatic N) is 2. The highest BCUT2D eigenvalue weighted by atomic mass is 16.5. The molecule has 0 radical (unpaired) electrons. The zero-order valence-corrected chi connectivity index (χ0v) is 14.3. The third-order valence-electron chi connectivity index (χ3n) is 3.68. The van der Waals surface area contributed by atoms with Gasteiger partial charge in [-0.15, -0.1) is 0 Å². The Balaban J connectivity index is 2.15. The topological polar surface area (TPSA) is 84.7 Å². The number of nitrogens with one attached hydrogen (secondary N) is 1. The zero-order chi connectivity index (χ0) is 17.7. The van der Waals surface area contributed by atoms with Crippen molar-refractivity contribution in [1.82, 2.24) is 15.4 Å². The monoisotopic (exact) mass is 331 g/mol. The van der Waals surface area contributed by atoms with Gasteiger partial charge >= 0.3 is 0 Å². The van der Waals surface area contributed by atoms with Gasteiger partial charge in [0.2, 0.25) is 5.91 Å². The normalized spacial score (nSPS) is 10.3. The molecule has 7 nitrogen and oxygen atoms in total. The number of ether oxygens (including phenoxy) is 1. The van der Waals surface area contributed by atoms with E-state index in [2.05, 4.69) is 10.5 Å². The molecule has 0 aliphatic heterocycles. The third-order valence-corrected chi connectivity index (χ3v) is 3.68. The molecule has 1 heterocycles. The number of aromatic nitrogens is 1. The molecule has 0 atom stereocenters. The summed E-state index contributed by atoms with van der Waals surface area (Å²) >= 11 is 0. The van der Waals surface area contributed by atoms with Crippen LogP contribution in [-0.4, -0.2) is 42.5 Å². The van der Waals surface area contributed by atoms with Gasteiger partial charge in [0.1, 0.15) is 18.1 Å². The van der Waals surface area contributed by atoms with Gasteiger partial charge in [-0.2, -0.15) is 0 Å². The van der Waals surface area contributed by atoms with E-state index in [0.29, 0.717) is 17.1 Å². The smallest absolute Gasteiger partial charge is 0.257 e. The number of rotatable bonds is 6. The molecular weight excluding hydrogens is 310 g/mol. The Morgan fingerprint density at radius 1 is 1.29 bits per heavy atom. The highest BCUT2D eigenvalue weighted by Crippen LogP contribution is 2.22. The molecule has 0 fully saturated rings. The minimum absolute atomic E-state index is 0.0203. The predicted molar refractivity (Wildman–Crippen MR) is 87.8 cm³/mol. The summed E-state index contributed by atoms with van der Waals surface area (Å²) in [6.45, 7) is 3.88. The van der Waals surface area contributed by atoms with Crippen LogP contribution >= 0.6 is 0 Å². The zero-order valence-electron chi connectivity index (χ0n) is 14.3. The molecule has 1 aromatic heterocycles. The van der Waals surface area contributed by atoms with Crippen molar-refractivity contribution < 1.29 is 18.8 Å². The van der Waals surface area contributed by atoms with Crippen LogP contribution in [0.1, 0.15) is 27.4 Å². The largest absolute Gasteiger partial charge is 0.488 e. The molecule has 2 amide bonds. The van der Waals surface area contributed by atoms with Crippen LogP contribution in [0.15, 0.2) is 28.8 Å². The summed E-state index contributed by atoms with van der Waals surface area (Å²) in [5, 5.41) is 6.37. The summed E-state index contributed by atoms with van der Waals surface area (Å²) in [5.74, 6) is 0.618. The van der Waals surface area contributed by atoms with Gasteiger partial charge in [0.15, 0.2) is 0 Å². The number of hydrogen-bond donors (Lipinski definition) is 1. The first kappa shape index (κ1) is 17.5. The van der Waals surface area contributed by atoms with Gasteiger partial charge in [-0.1, -0.05) is 17.3 Å². The van der Waals surface area contributed by atoms with Gasteiger partial charge < -0.3 is 19.5 Å². The second-order valence-corrected chi connectivity index (χ2v) is 5.42. The van der Waals surface area contributed by atoms with E-state index in [1.54, 1.807) is 31.3 Å². The highest BCUT2D eigenvalue weighted by Gasteiger charge is 2.19. The summed E-state index contributed by atoms with van der Waals surface area (Å²) in [5.41, 5.74) is 2.01. The minimum Gasteiger partial charge on any atom is -0.488 e. The Labute approximate surface area is 140 Å². The van der Waals surface area contributed by atoms with Gasteiger partial charge in [-0.05, 0) is 26.0 Å². The van der Waals surface area contributed by atoms with Crippen molar-refractivity contribution in [2.24, 2.45) is 0 Å². The summed E-state index contributed by atoms with van der Waals surface area (Å²) in [7, 11) is 3.10. The summed E-state index contributed by atoms with van der Waals surface area (Å²) < 4.78 is 10.9. The Hall–Kier alpha value is -2.83. The van der Waals surface area contributed by atoms with E-state index >= 15 is 0 Å². The van der Waals surface area contributed by atoms with Crippen LogP contribution in [0.25, 0.3) is 0 Å². The number of carbonyl (C=O) groups excluding carboxylic acids is 2. The van der Waals surface area contributed by atoms with Gasteiger partial charge in [-0.3, -0.25) is 9.59 Å². The van der Waals surface area contributed by atoms with Gasteiger partial charge in [-0.25, -0.2) is 0 Å². The number of para-hydroxylation sites is 1. The molecule has 24 heavy (non-hydrogen) atoms. The number of amides is 2. The van der Waals surface area contributed by atoms with Gasteiger partial charge in [0.25, 0.3) is 5.91 Å². The first-order chi connectivity index (χ1) is 11.4. The lowest BCUT2D eigenvalue weighted by Crippen LogP contribution is -2.37. The molecule has 0 aliphatic rings. The van der Waals surface area contributed by atoms with Crippen molar-refractivity contribution >= 4 is 11.8 Å². The molecule has 2 rings (SSSR count). The lowest BCUT2D eigenvalue weighted by Gasteiger charge is -2.18. The fourth-order valence-electron chi connectivity index (χ4n) is 2.20. The van der Waals surface area contributed by atoms with Gasteiger partial charge in [0, 0.05) is 14.1 Å². The number of benzene rings is 1. The van der Waals surface area contributed by atoms with E-state index in [1.165, 1.54) is 11.9 Å². The van der Waals surface area contributed by atoms with Crippen LogP contribution in [-0.2, 0) is 11.4 Å². The molecule has 1 N–H and O–H groups in total. The molecule has 0 bridgehead atoms. The molecule has 1 aromatic carbocycles. The van der Waals surface area contributed by atoms with Crippen molar-refractivity contribution in [3.05, 3.63) is 46.8 Å². The van der Waals surface area contributed by atoms with Crippen molar-refractivity contribution in [3.63, 3.8) is 0 Å². The standard InChI is InChI=1S/C17H21N3O4/c1-11-14(12(2)24-19-11)10-23-15-8-6-5-7-13(15)17(22)20(4)9-16(21)18-3/h5-8H,9-10H2,1-4H3,(H,18,21). The average molecular weight is 331 g/mol. The van der Waals surface area contributed by atoms with Crippen LogP contribution in [0.3, 0.4) is 0 Å². The van der Waals surface area contributed by atoms with Crippen LogP contribution in [0.4, 0.5) is 0 Å². The maximum absolute atomic E-state index is 12.5. The first-order valence-corrected chi connectivity index (χ1v) is 7.53. The molecule has 0 saturated carbocycles. The molecule has 0 saturated heterocycles. The Kier molecular flexibility index (Phi) is 5.57. The van der Waals surface area contributed by atoms with E-state index in [1.807, 2.05) is 13.8 Å². The average Bonchev–Trinajstić information content (AvgIpc) is 2.90. The van der Waals surface area contributed by atoms with E-state index in [4.69, 9.17) is 9.26 Å². The number of hydrogen-bond acceptors (Lipinski definition) is 5. The third kappa shape index (κ3) is 3.92. The maximum Gasteiger partial charge on any atom is 0.257 e. The lowest BCUT2D eigenvalue weighted by molar-refractivity contribution is -0.121. The summed E-state index contributed by atoms with van der Waals surface area (Å²) in [6.07, 6.45) is 0. The molecule has 0 aliphatic carbocycles. The fourth-order valence-corrected chi connectivity index (χ4v) is 2.20. The van der Waals surface area contributed by atoms with Crippen molar-refractivity contribution in [1.29, 1.82) is 0 Å².